The van der Waals surface area contributed by atoms with Crippen LogP contribution in [0.25, 0.3) is 0 Å². The number of nitrogens with one attached hydrogen (secondary N) is 1. The first kappa shape index (κ1) is 13.3. The van der Waals surface area contributed by atoms with Gasteiger partial charge in [0.25, 0.3) is 17.7 Å². The van der Waals surface area contributed by atoms with Crippen molar-refractivity contribution >= 4 is 29.3 Å². The Kier molecular flexibility index (Phi) is 2.62. The molecule has 0 aromatic heterocycles. The van der Waals surface area contributed by atoms with Crippen molar-refractivity contribution in [3.8, 4) is 0 Å². The van der Waals surface area contributed by atoms with Crippen LogP contribution in [-0.4, -0.2) is 34.1 Å². The van der Waals surface area contributed by atoms with Crippen molar-refractivity contribution in [1.82, 2.24) is 10.2 Å². The van der Waals surface area contributed by atoms with E-state index >= 15 is 0 Å². The van der Waals surface area contributed by atoms with Gasteiger partial charge in [0.15, 0.2) is 0 Å². The predicted octanol–water partition coefficient (Wildman–Crippen LogP) is 0.0601. The lowest BCUT2D eigenvalue weighted by Crippen LogP contribution is -2.62. The summed E-state index contributed by atoms with van der Waals surface area (Å²) < 4.78 is 0. The Morgan fingerprint density at radius 1 is 1.14 bits per heavy atom. The lowest BCUT2D eigenvalue weighted by molar-refractivity contribution is -0.140. The van der Waals surface area contributed by atoms with Gasteiger partial charge in [0.2, 0.25) is 5.91 Å². The molecule has 1 atom stereocenters. The zero-order chi connectivity index (χ0) is 15.4. The van der Waals surface area contributed by atoms with E-state index < -0.39 is 29.2 Å². The molecular formula is C14H13N3O4. The molecule has 0 saturated carbocycles. The second-order valence-corrected chi connectivity index (χ2v) is 5.40. The van der Waals surface area contributed by atoms with Gasteiger partial charge in [-0.15, -0.1) is 0 Å². The topological polar surface area (TPSA) is 110 Å². The molecule has 1 unspecified atom stereocenters. The fraction of sp³-hybridized carbons (Fsp3) is 0.286. The average molecular weight is 287 g/mol. The minimum absolute atomic E-state index is 0.0811. The molecule has 2 aliphatic heterocycles. The number of nitrogens with two attached hydrogens (primary N) is 1. The van der Waals surface area contributed by atoms with Gasteiger partial charge in [-0.25, -0.2) is 0 Å². The Balaban J connectivity index is 2.05. The molecule has 21 heavy (non-hydrogen) atoms. The maximum atomic E-state index is 12.5. The van der Waals surface area contributed by atoms with E-state index in [9.17, 15) is 19.2 Å². The number of benzene rings is 1. The van der Waals surface area contributed by atoms with Crippen LogP contribution in [0.3, 0.4) is 0 Å². The summed E-state index contributed by atoms with van der Waals surface area (Å²) in [6.07, 6.45) is 0.191. The smallest absolute Gasteiger partial charge is 0.262 e. The van der Waals surface area contributed by atoms with E-state index in [0.717, 1.165) is 4.90 Å². The summed E-state index contributed by atoms with van der Waals surface area (Å²) in [6.45, 7) is 1.49. The number of nitrogens with zero attached hydrogens (tertiary/aromatic N) is 1. The number of carbonyl (C=O) groups excluding carboxylic acids is 4. The fourth-order valence-corrected chi connectivity index (χ4v) is 2.71. The normalized spacial score (nSPS) is 25.1. The van der Waals surface area contributed by atoms with Crippen molar-refractivity contribution in [3.63, 3.8) is 0 Å². The Morgan fingerprint density at radius 2 is 1.81 bits per heavy atom. The highest BCUT2D eigenvalue weighted by Crippen LogP contribution is 2.34. The van der Waals surface area contributed by atoms with E-state index in [2.05, 4.69) is 5.32 Å². The molecule has 7 heteroatoms. The lowest BCUT2D eigenvalue weighted by Gasteiger charge is -2.38. The maximum Gasteiger partial charge on any atom is 0.262 e. The zero-order valence-corrected chi connectivity index (χ0v) is 11.3. The van der Waals surface area contributed by atoms with Crippen LogP contribution >= 0.6 is 0 Å². The highest BCUT2D eigenvalue weighted by atomic mass is 16.2. The monoisotopic (exact) mass is 287 g/mol. The van der Waals surface area contributed by atoms with Crippen molar-refractivity contribution in [3.05, 3.63) is 29.3 Å². The van der Waals surface area contributed by atoms with Gasteiger partial charge in [-0.3, -0.25) is 29.4 Å². The predicted molar refractivity (Wildman–Crippen MR) is 72.1 cm³/mol. The molecule has 7 nitrogen and oxygen atoms in total. The maximum absolute atomic E-state index is 12.5. The summed E-state index contributed by atoms with van der Waals surface area (Å²) in [5.74, 6) is -2.14. The number of hydrogen-bond donors (Lipinski definition) is 2. The highest BCUT2D eigenvalue weighted by Gasteiger charge is 2.52. The molecule has 3 rings (SSSR count). The number of fused-ring (bicyclic) bond motifs is 1. The lowest BCUT2D eigenvalue weighted by atomic mass is 9.89. The van der Waals surface area contributed by atoms with Crippen molar-refractivity contribution < 1.29 is 19.2 Å². The summed E-state index contributed by atoms with van der Waals surface area (Å²) in [5.41, 5.74) is 5.04. The van der Waals surface area contributed by atoms with Crippen LogP contribution in [0.15, 0.2) is 18.2 Å². The summed E-state index contributed by atoms with van der Waals surface area (Å²) in [5, 5.41) is 2.18. The summed E-state index contributed by atoms with van der Waals surface area (Å²) in [4.78, 5) is 49.2. The molecule has 3 N–H and O–H groups in total. The van der Waals surface area contributed by atoms with E-state index in [4.69, 9.17) is 5.73 Å². The van der Waals surface area contributed by atoms with Gasteiger partial charge in [-0.2, -0.15) is 0 Å². The van der Waals surface area contributed by atoms with Crippen LogP contribution < -0.4 is 11.1 Å². The molecule has 0 aliphatic carbocycles. The first-order chi connectivity index (χ1) is 9.84. The second kappa shape index (κ2) is 4.15. The van der Waals surface area contributed by atoms with Gasteiger partial charge in [0.1, 0.15) is 5.54 Å². The molecule has 0 bridgehead atoms. The summed E-state index contributed by atoms with van der Waals surface area (Å²) >= 11 is 0. The SMILES string of the molecule is CC1(N2C(=O)c3ccc(N)cc3C2=O)CCC(=O)NC1=O. The Morgan fingerprint density at radius 3 is 2.48 bits per heavy atom. The standard InChI is InChI=1S/C14H13N3O4/c1-14(5-4-10(18)16-13(14)21)17-11(19)8-3-2-7(15)6-9(8)12(17)20/h2-3,6H,4-5,15H2,1H3,(H,16,18,21). The van der Waals surface area contributed by atoms with Crippen molar-refractivity contribution in [2.45, 2.75) is 25.3 Å². The second-order valence-electron chi connectivity index (χ2n) is 5.40. The number of rotatable bonds is 1. The van der Waals surface area contributed by atoms with Crippen molar-refractivity contribution in [1.29, 1.82) is 0 Å². The molecular weight excluding hydrogens is 274 g/mol. The molecule has 0 radical (unpaired) electrons. The number of carbonyl (C=O) groups is 4. The van der Waals surface area contributed by atoms with Crippen LogP contribution in [-0.2, 0) is 9.59 Å². The number of nitrogen functional groups attached to an aromatic ring is 1. The van der Waals surface area contributed by atoms with Gasteiger partial charge >= 0.3 is 0 Å². The van der Waals surface area contributed by atoms with Crippen LogP contribution in [0.5, 0.6) is 0 Å². The third-order valence-electron chi connectivity index (χ3n) is 3.99. The zero-order valence-electron chi connectivity index (χ0n) is 11.3. The summed E-state index contributed by atoms with van der Waals surface area (Å²) in [7, 11) is 0. The van der Waals surface area contributed by atoms with Gasteiger partial charge in [-0.05, 0) is 31.5 Å². The van der Waals surface area contributed by atoms with Crippen LogP contribution in [0.1, 0.15) is 40.5 Å². The number of imide groups is 2. The van der Waals surface area contributed by atoms with E-state index in [-0.39, 0.29) is 24.0 Å². The van der Waals surface area contributed by atoms with Crippen LogP contribution in [0, 0.1) is 0 Å². The van der Waals surface area contributed by atoms with E-state index in [1.807, 2.05) is 0 Å². The Bertz CT molecular complexity index is 712. The van der Waals surface area contributed by atoms with Gasteiger partial charge in [0.05, 0.1) is 11.1 Å². The Hall–Kier alpha value is -2.70. The molecule has 1 saturated heterocycles. The van der Waals surface area contributed by atoms with Gasteiger partial charge in [0, 0.05) is 12.1 Å². The summed E-state index contributed by atoms with van der Waals surface area (Å²) in [6, 6.07) is 4.42. The largest absolute Gasteiger partial charge is 0.399 e. The number of hydrogen-bond acceptors (Lipinski definition) is 5. The van der Waals surface area contributed by atoms with E-state index in [0.29, 0.717) is 5.69 Å². The quantitative estimate of drug-likeness (QED) is 0.560. The molecule has 4 amide bonds. The minimum atomic E-state index is -1.37. The van der Waals surface area contributed by atoms with E-state index in [1.54, 1.807) is 0 Å². The highest BCUT2D eigenvalue weighted by molar-refractivity contribution is 6.24. The Labute approximate surface area is 120 Å². The molecule has 2 heterocycles. The van der Waals surface area contributed by atoms with Gasteiger partial charge in [-0.1, -0.05) is 0 Å². The molecule has 1 fully saturated rings. The molecule has 1 aromatic rings. The first-order valence-electron chi connectivity index (χ1n) is 6.47. The third kappa shape index (κ3) is 1.74. The first-order valence-corrected chi connectivity index (χ1v) is 6.47. The van der Waals surface area contributed by atoms with Crippen LogP contribution in [0.4, 0.5) is 5.69 Å². The average Bonchev–Trinajstić information content (AvgIpc) is 2.67. The molecule has 1 aromatic carbocycles. The molecule has 0 spiro atoms. The number of amides is 4. The third-order valence-corrected chi connectivity index (χ3v) is 3.99. The number of anilines is 1. The van der Waals surface area contributed by atoms with Crippen molar-refractivity contribution in [2.24, 2.45) is 0 Å². The molecule has 2 aliphatic rings. The fourth-order valence-electron chi connectivity index (χ4n) is 2.71. The van der Waals surface area contributed by atoms with Crippen LogP contribution in [0.2, 0.25) is 0 Å². The number of piperidine rings is 1. The van der Waals surface area contributed by atoms with Crippen molar-refractivity contribution in [2.75, 3.05) is 5.73 Å². The van der Waals surface area contributed by atoms with Gasteiger partial charge < -0.3 is 5.73 Å². The van der Waals surface area contributed by atoms with E-state index in [1.165, 1.54) is 25.1 Å². The molecule has 108 valence electrons. The minimum Gasteiger partial charge on any atom is -0.399 e.